The quantitative estimate of drug-likeness (QED) is 0.837. The first kappa shape index (κ1) is 20.4. The highest BCUT2D eigenvalue weighted by Crippen LogP contribution is 2.45. The average molecular weight is 383 g/mol. The number of carbonyl (C=O) groups is 1. The maximum atomic E-state index is 11.5. The van der Waals surface area contributed by atoms with Gasteiger partial charge in [0.1, 0.15) is 0 Å². The van der Waals surface area contributed by atoms with E-state index in [2.05, 4.69) is 36.4 Å². The van der Waals surface area contributed by atoms with Crippen molar-refractivity contribution < 1.29 is 14.7 Å². The van der Waals surface area contributed by atoms with Crippen molar-refractivity contribution in [3.63, 3.8) is 0 Å². The Hall–Kier alpha value is -2.37. The van der Waals surface area contributed by atoms with Crippen molar-refractivity contribution in [2.45, 2.75) is 38.6 Å². The van der Waals surface area contributed by atoms with Gasteiger partial charge in [0, 0.05) is 12.1 Å². The summed E-state index contributed by atoms with van der Waals surface area (Å²) in [6.45, 7) is 7.24. The maximum Gasteiger partial charge on any atom is 0.305 e. The summed E-state index contributed by atoms with van der Waals surface area (Å²) in [6, 6.07) is 18.0. The molecule has 2 heterocycles. The van der Waals surface area contributed by atoms with Gasteiger partial charge in [-0.3, -0.25) is 4.79 Å². The second-order valence-electron chi connectivity index (χ2n) is 7.63. The molecule has 2 aromatic rings. The molecule has 0 aromatic heterocycles. The lowest BCUT2D eigenvalue weighted by Gasteiger charge is -2.41. The van der Waals surface area contributed by atoms with Gasteiger partial charge in [0.2, 0.25) is 0 Å². The standard InChI is InChI=1S/C16H22N2O3.C7H8/c1-2-18-9-5-6-12(11-18)16(10-15(19)20)13-7-3-4-8-14(13)21-17-16;1-7-5-3-2-4-6-7/h3-4,7-8,12,17H,2,5-6,9-11H2,1H3,(H,19,20);2-6H,1H3. The zero-order valence-corrected chi connectivity index (χ0v) is 16.7. The van der Waals surface area contributed by atoms with Gasteiger partial charge in [0.15, 0.2) is 5.75 Å². The third-order valence-corrected chi connectivity index (χ3v) is 5.73. The van der Waals surface area contributed by atoms with Crippen molar-refractivity contribution in [2.75, 3.05) is 19.6 Å². The molecule has 1 saturated heterocycles. The highest BCUT2D eigenvalue weighted by Gasteiger charge is 2.49. The molecule has 28 heavy (non-hydrogen) atoms. The van der Waals surface area contributed by atoms with E-state index >= 15 is 0 Å². The number of hydrogen-bond acceptors (Lipinski definition) is 4. The van der Waals surface area contributed by atoms with Gasteiger partial charge in [0.25, 0.3) is 0 Å². The third kappa shape index (κ3) is 4.54. The first-order valence-corrected chi connectivity index (χ1v) is 10.0. The summed E-state index contributed by atoms with van der Waals surface area (Å²) >= 11 is 0. The zero-order chi connectivity index (χ0) is 20.0. The number of nitrogens with zero attached hydrogens (tertiary/aromatic N) is 1. The number of carboxylic acid groups (broad SMARTS) is 1. The lowest BCUT2D eigenvalue weighted by Crippen LogP contribution is -2.53. The predicted molar refractivity (Wildman–Crippen MR) is 110 cm³/mol. The lowest BCUT2D eigenvalue weighted by molar-refractivity contribution is -0.141. The van der Waals surface area contributed by atoms with Crippen LogP contribution in [0.25, 0.3) is 0 Å². The zero-order valence-electron chi connectivity index (χ0n) is 16.7. The Labute approximate surface area is 167 Å². The van der Waals surface area contributed by atoms with E-state index in [1.54, 1.807) is 0 Å². The number of rotatable bonds is 4. The minimum Gasteiger partial charge on any atom is -0.481 e. The molecule has 2 aliphatic rings. The number of aryl methyl sites for hydroxylation is 1. The second-order valence-corrected chi connectivity index (χ2v) is 7.63. The number of aliphatic carboxylic acids is 1. The molecule has 0 spiro atoms. The van der Waals surface area contributed by atoms with E-state index in [0.717, 1.165) is 43.8 Å². The Morgan fingerprint density at radius 1 is 1.21 bits per heavy atom. The molecule has 2 aromatic carbocycles. The predicted octanol–water partition coefficient (Wildman–Crippen LogP) is 3.98. The van der Waals surface area contributed by atoms with Crippen LogP contribution in [0, 0.1) is 12.8 Å². The van der Waals surface area contributed by atoms with Crippen LogP contribution >= 0.6 is 0 Å². The van der Waals surface area contributed by atoms with E-state index < -0.39 is 11.5 Å². The monoisotopic (exact) mass is 382 g/mol. The van der Waals surface area contributed by atoms with Gasteiger partial charge >= 0.3 is 5.97 Å². The molecule has 0 amide bonds. The summed E-state index contributed by atoms with van der Waals surface area (Å²) in [5.41, 5.74) is 4.76. The van der Waals surface area contributed by atoms with Crippen LogP contribution in [0.2, 0.25) is 0 Å². The van der Waals surface area contributed by atoms with Gasteiger partial charge in [0.05, 0.1) is 12.0 Å². The van der Waals surface area contributed by atoms with Gasteiger partial charge in [-0.05, 0) is 44.8 Å². The first-order valence-electron chi connectivity index (χ1n) is 10.0. The number of benzene rings is 2. The number of nitrogens with one attached hydrogen (secondary N) is 1. The molecule has 0 aliphatic carbocycles. The molecule has 0 bridgehead atoms. The number of carboxylic acids is 1. The normalized spacial score (nSPS) is 23.9. The fourth-order valence-electron chi connectivity index (χ4n) is 4.22. The Bertz CT molecular complexity index is 780. The SMILES string of the molecule is CCN1CCCC(C2(CC(=O)O)NOc3ccccc32)C1.Cc1ccccc1. The first-order chi connectivity index (χ1) is 13.5. The number of hydroxylamine groups is 1. The number of likely N-dealkylation sites (tertiary alicyclic amines) is 1. The van der Waals surface area contributed by atoms with Crippen LogP contribution in [-0.2, 0) is 10.3 Å². The van der Waals surface area contributed by atoms with E-state index in [9.17, 15) is 9.90 Å². The van der Waals surface area contributed by atoms with Gasteiger partial charge in [-0.15, -0.1) is 5.48 Å². The van der Waals surface area contributed by atoms with Gasteiger partial charge in [-0.2, -0.15) is 0 Å². The maximum absolute atomic E-state index is 11.5. The van der Waals surface area contributed by atoms with Crippen LogP contribution in [0.1, 0.15) is 37.3 Å². The molecule has 5 nitrogen and oxygen atoms in total. The van der Waals surface area contributed by atoms with E-state index in [1.165, 1.54) is 5.56 Å². The summed E-state index contributed by atoms with van der Waals surface area (Å²) in [5, 5.41) is 9.41. The van der Waals surface area contributed by atoms with Crippen molar-refractivity contribution >= 4 is 5.97 Å². The highest BCUT2D eigenvalue weighted by atomic mass is 16.7. The average Bonchev–Trinajstić information content (AvgIpc) is 3.08. The van der Waals surface area contributed by atoms with Crippen LogP contribution in [0.4, 0.5) is 0 Å². The number of hydrogen-bond donors (Lipinski definition) is 2. The molecule has 5 heteroatoms. The van der Waals surface area contributed by atoms with Crippen LogP contribution in [0.3, 0.4) is 0 Å². The van der Waals surface area contributed by atoms with Gasteiger partial charge in [-0.25, -0.2) is 0 Å². The topological polar surface area (TPSA) is 61.8 Å². The van der Waals surface area contributed by atoms with Crippen molar-refractivity contribution in [3.8, 4) is 5.75 Å². The van der Waals surface area contributed by atoms with Crippen LogP contribution in [0.5, 0.6) is 5.75 Å². The molecule has 2 N–H and O–H groups in total. The van der Waals surface area contributed by atoms with Crippen molar-refractivity contribution in [1.29, 1.82) is 0 Å². The summed E-state index contributed by atoms with van der Waals surface area (Å²) in [6.07, 6.45) is 2.17. The molecule has 4 rings (SSSR count). The Morgan fingerprint density at radius 2 is 1.93 bits per heavy atom. The summed E-state index contributed by atoms with van der Waals surface area (Å²) in [5.74, 6) is 0.203. The Kier molecular flexibility index (Phi) is 6.70. The molecule has 0 saturated carbocycles. The minimum atomic E-state index is -0.795. The van der Waals surface area contributed by atoms with E-state index in [0.29, 0.717) is 0 Å². The Morgan fingerprint density at radius 3 is 2.57 bits per heavy atom. The summed E-state index contributed by atoms with van der Waals surface area (Å²) in [4.78, 5) is 19.4. The fraction of sp³-hybridized carbons (Fsp3) is 0.435. The number of para-hydroxylation sites is 1. The van der Waals surface area contributed by atoms with Crippen molar-refractivity contribution in [2.24, 2.45) is 5.92 Å². The minimum absolute atomic E-state index is 0.0479. The number of fused-ring (bicyclic) bond motifs is 1. The smallest absolute Gasteiger partial charge is 0.305 e. The number of piperidine rings is 1. The van der Waals surface area contributed by atoms with Crippen molar-refractivity contribution in [3.05, 3.63) is 65.7 Å². The third-order valence-electron chi connectivity index (χ3n) is 5.73. The van der Waals surface area contributed by atoms with Gasteiger partial charge in [-0.1, -0.05) is 61.0 Å². The highest BCUT2D eigenvalue weighted by molar-refractivity contribution is 5.70. The molecular weight excluding hydrogens is 352 g/mol. The lowest BCUT2D eigenvalue weighted by atomic mass is 9.73. The molecule has 0 radical (unpaired) electrons. The van der Waals surface area contributed by atoms with Gasteiger partial charge < -0.3 is 14.8 Å². The molecule has 1 fully saturated rings. The molecule has 2 atom stereocenters. The van der Waals surface area contributed by atoms with E-state index in [1.807, 2.05) is 42.5 Å². The molecule has 2 aliphatic heterocycles. The van der Waals surface area contributed by atoms with Crippen LogP contribution in [-0.4, -0.2) is 35.6 Å². The summed E-state index contributed by atoms with van der Waals surface area (Å²) < 4.78 is 0. The van der Waals surface area contributed by atoms with E-state index in [-0.39, 0.29) is 12.3 Å². The van der Waals surface area contributed by atoms with Crippen LogP contribution in [0.15, 0.2) is 54.6 Å². The fourth-order valence-corrected chi connectivity index (χ4v) is 4.22. The molecule has 150 valence electrons. The largest absolute Gasteiger partial charge is 0.481 e. The second kappa shape index (κ2) is 9.22. The van der Waals surface area contributed by atoms with E-state index in [4.69, 9.17) is 4.84 Å². The van der Waals surface area contributed by atoms with Crippen LogP contribution < -0.4 is 10.3 Å². The van der Waals surface area contributed by atoms with Crippen molar-refractivity contribution in [1.82, 2.24) is 10.4 Å². The molecular formula is C23H30N2O3. The summed E-state index contributed by atoms with van der Waals surface area (Å²) in [7, 11) is 0. The molecule has 2 unspecified atom stereocenters. The Balaban J connectivity index is 0.000000271.